The summed E-state index contributed by atoms with van der Waals surface area (Å²) >= 11 is 0. The van der Waals surface area contributed by atoms with Crippen LogP contribution in [-0.4, -0.2) is 19.7 Å². The zero-order chi connectivity index (χ0) is 12.6. The number of aryl methyl sites for hydroxylation is 2. The summed E-state index contributed by atoms with van der Waals surface area (Å²) in [5, 5.41) is 4.43. The molecule has 5 nitrogen and oxygen atoms in total. The molecule has 0 saturated carbocycles. The van der Waals surface area contributed by atoms with Crippen molar-refractivity contribution < 1.29 is 0 Å². The van der Waals surface area contributed by atoms with E-state index in [1.807, 2.05) is 26.0 Å². The molecular formula is C12H17N5. The minimum Gasteiger partial charge on any atom is -0.383 e. The van der Waals surface area contributed by atoms with Crippen LogP contribution in [0.4, 0.5) is 5.82 Å². The first-order chi connectivity index (χ1) is 7.97. The van der Waals surface area contributed by atoms with Crippen molar-refractivity contribution in [2.45, 2.75) is 33.6 Å². The molecule has 0 spiro atoms. The molecule has 0 aliphatic heterocycles. The molecule has 90 valence electrons. The first kappa shape index (κ1) is 11.6. The summed E-state index contributed by atoms with van der Waals surface area (Å²) < 4.78 is 1.59. The van der Waals surface area contributed by atoms with Crippen molar-refractivity contribution in [2.24, 2.45) is 0 Å². The van der Waals surface area contributed by atoms with E-state index in [1.165, 1.54) is 0 Å². The SMILES string of the molecule is Cc1cc(C)nc(-n2nc(C(C)C)cc2N)n1. The maximum absolute atomic E-state index is 5.93. The van der Waals surface area contributed by atoms with Crippen LogP contribution in [0, 0.1) is 13.8 Å². The Morgan fingerprint density at radius 1 is 1.12 bits per heavy atom. The van der Waals surface area contributed by atoms with Crippen molar-refractivity contribution in [3.63, 3.8) is 0 Å². The molecule has 2 rings (SSSR count). The predicted octanol–water partition coefficient (Wildman–Crippen LogP) is 1.98. The maximum atomic E-state index is 5.93. The Labute approximate surface area is 101 Å². The Morgan fingerprint density at radius 2 is 1.71 bits per heavy atom. The van der Waals surface area contributed by atoms with E-state index in [2.05, 4.69) is 28.9 Å². The monoisotopic (exact) mass is 231 g/mol. The van der Waals surface area contributed by atoms with Gasteiger partial charge in [0.25, 0.3) is 5.95 Å². The Hall–Kier alpha value is -1.91. The van der Waals surface area contributed by atoms with Gasteiger partial charge < -0.3 is 5.73 Å². The Kier molecular flexibility index (Phi) is 2.83. The summed E-state index contributed by atoms with van der Waals surface area (Å²) in [7, 11) is 0. The van der Waals surface area contributed by atoms with Crippen molar-refractivity contribution in [2.75, 3.05) is 5.73 Å². The maximum Gasteiger partial charge on any atom is 0.252 e. The van der Waals surface area contributed by atoms with E-state index in [1.54, 1.807) is 4.68 Å². The van der Waals surface area contributed by atoms with Gasteiger partial charge in [-0.3, -0.25) is 0 Å². The average molecular weight is 231 g/mol. The second kappa shape index (κ2) is 4.16. The molecule has 2 N–H and O–H groups in total. The van der Waals surface area contributed by atoms with Gasteiger partial charge >= 0.3 is 0 Å². The number of anilines is 1. The molecule has 0 aliphatic rings. The highest BCUT2D eigenvalue weighted by Gasteiger charge is 2.12. The molecule has 0 fully saturated rings. The van der Waals surface area contributed by atoms with Gasteiger partial charge in [0, 0.05) is 17.5 Å². The van der Waals surface area contributed by atoms with Crippen LogP contribution in [0.5, 0.6) is 0 Å². The Balaban J connectivity index is 2.52. The summed E-state index contributed by atoms with van der Waals surface area (Å²) in [4.78, 5) is 8.69. The van der Waals surface area contributed by atoms with Gasteiger partial charge in [0.15, 0.2) is 0 Å². The fourth-order valence-corrected chi connectivity index (χ4v) is 1.66. The summed E-state index contributed by atoms with van der Waals surface area (Å²) in [5.74, 6) is 1.44. The number of hydrogen-bond donors (Lipinski definition) is 1. The second-order valence-electron chi connectivity index (χ2n) is 4.51. The zero-order valence-corrected chi connectivity index (χ0v) is 10.6. The zero-order valence-electron chi connectivity index (χ0n) is 10.6. The quantitative estimate of drug-likeness (QED) is 0.858. The lowest BCUT2D eigenvalue weighted by molar-refractivity contribution is 0.741. The van der Waals surface area contributed by atoms with E-state index in [4.69, 9.17) is 5.73 Å². The molecule has 2 aromatic heterocycles. The standard InChI is InChI=1S/C12H17N5/c1-7(2)10-6-11(13)17(16-10)12-14-8(3)5-9(4)15-12/h5-7H,13H2,1-4H3. The number of aromatic nitrogens is 4. The molecule has 0 unspecified atom stereocenters. The van der Waals surface area contributed by atoms with E-state index >= 15 is 0 Å². The average Bonchev–Trinajstić information content (AvgIpc) is 2.59. The van der Waals surface area contributed by atoms with E-state index < -0.39 is 0 Å². The van der Waals surface area contributed by atoms with Gasteiger partial charge in [0.2, 0.25) is 0 Å². The van der Waals surface area contributed by atoms with Gasteiger partial charge in [-0.2, -0.15) is 9.78 Å². The molecular weight excluding hydrogens is 214 g/mol. The van der Waals surface area contributed by atoms with Gasteiger partial charge in [-0.05, 0) is 25.8 Å². The molecule has 17 heavy (non-hydrogen) atoms. The fraction of sp³-hybridized carbons (Fsp3) is 0.417. The molecule has 0 bridgehead atoms. The van der Waals surface area contributed by atoms with Gasteiger partial charge in [-0.1, -0.05) is 13.8 Å². The number of nitrogen functional groups attached to an aromatic ring is 1. The minimum atomic E-state index is 0.337. The highest BCUT2D eigenvalue weighted by Crippen LogP contribution is 2.18. The van der Waals surface area contributed by atoms with Crippen LogP contribution in [0.2, 0.25) is 0 Å². The fourth-order valence-electron chi connectivity index (χ4n) is 1.66. The van der Waals surface area contributed by atoms with E-state index in [0.717, 1.165) is 17.1 Å². The highest BCUT2D eigenvalue weighted by atomic mass is 15.4. The van der Waals surface area contributed by atoms with E-state index in [-0.39, 0.29) is 0 Å². The largest absolute Gasteiger partial charge is 0.383 e. The molecule has 0 atom stereocenters. The number of nitrogens with two attached hydrogens (primary N) is 1. The lowest BCUT2D eigenvalue weighted by atomic mass is 10.1. The Bertz CT molecular complexity index is 522. The van der Waals surface area contributed by atoms with Crippen molar-refractivity contribution in [3.05, 3.63) is 29.2 Å². The first-order valence-electron chi connectivity index (χ1n) is 5.65. The summed E-state index contributed by atoms with van der Waals surface area (Å²) in [5.41, 5.74) is 8.70. The van der Waals surface area contributed by atoms with Gasteiger partial charge in [0.1, 0.15) is 5.82 Å². The molecule has 2 aromatic rings. The van der Waals surface area contributed by atoms with Crippen LogP contribution in [0.15, 0.2) is 12.1 Å². The topological polar surface area (TPSA) is 69.6 Å². The van der Waals surface area contributed by atoms with Crippen molar-refractivity contribution in [1.29, 1.82) is 0 Å². The highest BCUT2D eigenvalue weighted by molar-refractivity contribution is 5.38. The number of hydrogen-bond acceptors (Lipinski definition) is 4. The molecule has 5 heteroatoms. The van der Waals surface area contributed by atoms with E-state index in [9.17, 15) is 0 Å². The van der Waals surface area contributed by atoms with Gasteiger partial charge in [-0.15, -0.1) is 0 Å². The molecule has 0 amide bonds. The van der Waals surface area contributed by atoms with Gasteiger partial charge in [-0.25, -0.2) is 9.97 Å². The summed E-state index contributed by atoms with van der Waals surface area (Å²) in [6, 6.07) is 3.79. The molecule has 0 aromatic carbocycles. The smallest absolute Gasteiger partial charge is 0.252 e. The molecule has 0 radical (unpaired) electrons. The lowest BCUT2D eigenvalue weighted by Crippen LogP contribution is -2.08. The van der Waals surface area contributed by atoms with Crippen LogP contribution >= 0.6 is 0 Å². The lowest BCUT2D eigenvalue weighted by Gasteiger charge is -2.04. The van der Waals surface area contributed by atoms with Crippen molar-refractivity contribution in [3.8, 4) is 5.95 Å². The molecule has 0 aliphatic carbocycles. The summed E-state index contributed by atoms with van der Waals surface area (Å²) in [6.07, 6.45) is 0. The number of nitrogens with zero attached hydrogens (tertiary/aromatic N) is 4. The third-order valence-electron chi connectivity index (χ3n) is 2.51. The van der Waals surface area contributed by atoms with Crippen LogP contribution in [-0.2, 0) is 0 Å². The second-order valence-corrected chi connectivity index (χ2v) is 4.51. The van der Waals surface area contributed by atoms with Crippen molar-refractivity contribution >= 4 is 5.82 Å². The van der Waals surface area contributed by atoms with Crippen molar-refractivity contribution in [1.82, 2.24) is 19.7 Å². The Morgan fingerprint density at radius 3 is 2.18 bits per heavy atom. The first-order valence-corrected chi connectivity index (χ1v) is 5.65. The van der Waals surface area contributed by atoms with Gasteiger partial charge in [0.05, 0.1) is 5.69 Å². The predicted molar refractivity (Wildman–Crippen MR) is 67.1 cm³/mol. The third-order valence-corrected chi connectivity index (χ3v) is 2.51. The molecule has 0 saturated heterocycles. The van der Waals surface area contributed by atoms with Crippen LogP contribution < -0.4 is 5.73 Å². The number of rotatable bonds is 2. The minimum absolute atomic E-state index is 0.337. The van der Waals surface area contributed by atoms with Crippen LogP contribution in [0.1, 0.15) is 36.8 Å². The molecule has 2 heterocycles. The normalized spacial score (nSPS) is 11.1. The van der Waals surface area contributed by atoms with E-state index in [0.29, 0.717) is 17.7 Å². The van der Waals surface area contributed by atoms with Crippen LogP contribution in [0.3, 0.4) is 0 Å². The third kappa shape index (κ3) is 2.27. The van der Waals surface area contributed by atoms with Crippen LogP contribution in [0.25, 0.3) is 5.95 Å². The summed E-state index contributed by atoms with van der Waals surface area (Å²) in [6.45, 7) is 8.02.